The maximum atomic E-state index is 13.8. The molecule has 0 saturated heterocycles. The summed E-state index contributed by atoms with van der Waals surface area (Å²) in [4.78, 5) is 24.1. The van der Waals surface area contributed by atoms with Gasteiger partial charge in [-0.15, -0.1) is 0 Å². The molecule has 2 aromatic carbocycles. The molecule has 1 fully saturated rings. The highest BCUT2D eigenvalue weighted by Gasteiger charge is 2.26. The lowest BCUT2D eigenvalue weighted by Crippen LogP contribution is -2.30. The smallest absolute Gasteiger partial charge is 0.405 e. The lowest BCUT2D eigenvalue weighted by molar-refractivity contribution is 0.0600. The van der Waals surface area contributed by atoms with Crippen molar-refractivity contribution in [1.82, 2.24) is 4.90 Å². The van der Waals surface area contributed by atoms with Crippen LogP contribution in [0.15, 0.2) is 42.5 Å². The summed E-state index contributed by atoms with van der Waals surface area (Å²) in [6, 6.07) is 13.2. The third-order valence-corrected chi connectivity index (χ3v) is 6.03. The Bertz CT molecular complexity index is 1010. The second-order valence-corrected chi connectivity index (χ2v) is 9.93. The molecule has 0 spiro atoms. The minimum Gasteiger partial charge on any atom is -0.444 e. The summed E-state index contributed by atoms with van der Waals surface area (Å²) in [6.45, 7) is 6.04. The molecule has 34 heavy (non-hydrogen) atoms. The standard InChI is InChI=1S/C21H24FN3O.C5H11NO2.3H2/c22-20-3-1-2-16-12-25(13-19(16)20)21(26)24-18-10-6-15(7-11-18)14-4-8-17(23)9-5-14;1-5(2,3)8-4(6)7;;;/h1-3,6-7,10-11,14,17H,4-5,8-9,12-13,23H2,(H,24,26);1-3H3,(H2,6,7);3*1H. The van der Waals surface area contributed by atoms with Crippen molar-refractivity contribution >= 4 is 17.8 Å². The van der Waals surface area contributed by atoms with Gasteiger partial charge in [0.1, 0.15) is 11.4 Å². The number of carbonyl (C=O) groups excluding carboxylic acids is 2. The molecule has 2 aliphatic rings. The van der Waals surface area contributed by atoms with E-state index in [9.17, 15) is 14.0 Å². The third-order valence-electron chi connectivity index (χ3n) is 6.03. The quantitative estimate of drug-likeness (QED) is 0.495. The summed E-state index contributed by atoms with van der Waals surface area (Å²) < 4.78 is 18.4. The maximum absolute atomic E-state index is 13.8. The van der Waals surface area contributed by atoms with Crippen molar-refractivity contribution < 1.29 is 23.0 Å². The number of hydrogen-bond acceptors (Lipinski definition) is 4. The van der Waals surface area contributed by atoms with Crippen LogP contribution in [0.4, 0.5) is 19.7 Å². The van der Waals surface area contributed by atoms with Gasteiger partial charge < -0.3 is 26.4 Å². The van der Waals surface area contributed by atoms with Gasteiger partial charge in [-0.3, -0.25) is 0 Å². The van der Waals surface area contributed by atoms with Crippen LogP contribution in [0.3, 0.4) is 0 Å². The van der Waals surface area contributed by atoms with Gasteiger partial charge in [0.2, 0.25) is 0 Å². The average Bonchev–Trinajstić information content (AvgIpc) is 3.20. The fourth-order valence-electron chi connectivity index (χ4n) is 4.32. The van der Waals surface area contributed by atoms with E-state index in [2.05, 4.69) is 22.2 Å². The number of amides is 3. The molecule has 4 rings (SSSR count). The van der Waals surface area contributed by atoms with E-state index in [1.165, 1.54) is 11.6 Å². The summed E-state index contributed by atoms with van der Waals surface area (Å²) in [7, 11) is 0. The topological polar surface area (TPSA) is 111 Å². The summed E-state index contributed by atoms with van der Waals surface area (Å²) in [5.74, 6) is 0.324. The van der Waals surface area contributed by atoms with Gasteiger partial charge in [-0.25, -0.2) is 14.0 Å². The highest BCUT2D eigenvalue weighted by molar-refractivity contribution is 5.89. The van der Waals surface area contributed by atoms with Gasteiger partial charge in [0.25, 0.3) is 0 Å². The first-order valence-corrected chi connectivity index (χ1v) is 11.7. The summed E-state index contributed by atoms with van der Waals surface area (Å²) in [5, 5.41) is 2.92. The molecule has 8 heteroatoms. The van der Waals surface area contributed by atoms with E-state index in [0.29, 0.717) is 30.6 Å². The molecule has 190 valence electrons. The molecular formula is C26H41FN4O3. The van der Waals surface area contributed by atoms with Crippen LogP contribution in [0.2, 0.25) is 0 Å². The Hall–Kier alpha value is -3.13. The molecule has 0 aromatic heterocycles. The molecule has 1 saturated carbocycles. The monoisotopic (exact) mass is 476 g/mol. The van der Waals surface area contributed by atoms with Crippen molar-refractivity contribution in [2.24, 2.45) is 11.5 Å². The molecule has 1 heterocycles. The van der Waals surface area contributed by atoms with E-state index in [1.807, 2.05) is 18.2 Å². The first-order chi connectivity index (χ1) is 16.0. The molecule has 1 aliphatic heterocycles. The summed E-state index contributed by atoms with van der Waals surface area (Å²) in [6.07, 6.45) is 3.69. The molecule has 5 N–H and O–H groups in total. The number of benzene rings is 2. The number of rotatable bonds is 2. The third kappa shape index (κ3) is 7.18. The number of nitrogens with two attached hydrogens (primary N) is 2. The van der Waals surface area contributed by atoms with E-state index >= 15 is 0 Å². The van der Waals surface area contributed by atoms with Crippen molar-refractivity contribution in [3.63, 3.8) is 0 Å². The van der Waals surface area contributed by atoms with Crippen molar-refractivity contribution in [2.45, 2.75) is 77.1 Å². The zero-order chi connectivity index (χ0) is 24.9. The Labute approximate surface area is 205 Å². The maximum Gasteiger partial charge on any atom is 0.405 e. The van der Waals surface area contributed by atoms with E-state index < -0.39 is 11.7 Å². The number of nitrogens with zero attached hydrogens (tertiary/aromatic N) is 1. The Kier molecular flexibility index (Phi) is 8.15. The van der Waals surface area contributed by atoms with Crippen LogP contribution < -0.4 is 16.8 Å². The van der Waals surface area contributed by atoms with Gasteiger partial charge >= 0.3 is 12.1 Å². The number of urea groups is 1. The highest BCUT2D eigenvalue weighted by Crippen LogP contribution is 2.33. The number of ether oxygens (including phenoxy) is 1. The van der Waals surface area contributed by atoms with E-state index in [0.717, 1.165) is 36.9 Å². The van der Waals surface area contributed by atoms with Crippen molar-refractivity contribution in [1.29, 1.82) is 0 Å². The van der Waals surface area contributed by atoms with Crippen LogP contribution in [0, 0.1) is 5.82 Å². The Morgan fingerprint density at radius 1 is 1.06 bits per heavy atom. The molecule has 0 unspecified atom stereocenters. The molecular weight excluding hydrogens is 435 g/mol. The largest absolute Gasteiger partial charge is 0.444 e. The number of nitrogens with one attached hydrogen (secondary N) is 1. The Morgan fingerprint density at radius 3 is 2.24 bits per heavy atom. The lowest BCUT2D eigenvalue weighted by Gasteiger charge is -2.26. The highest BCUT2D eigenvalue weighted by atomic mass is 19.1. The first kappa shape index (κ1) is 25.5. The predicted octanol–water partition coefficient (Wildman–Crippen LogP) is 5.98. The van der Waals surface area contributed by atoms with Gasteiger partial charge in [0.05, 0.1) is 6.54 Å². The zero-order valence-corrected chi connectivity index (χ0v) is 20.1. The normalized spacial score (nSPS) is 19.5. The number of halogens is 1. The van der Waals surface area contributed by atoms with Gasteiger partial charge in [-0.05, 0) is 81.7 Å². The minimum atomic E-state index is -0.725. The SMILES string of the molecule is CC(C)(C)OC(N)=O.NC1CCC(c2ccc(NC(=O)N3Cc4cccc(F)c4C3)cc2)CC1.[HH].[HH].[HH]. The van der Waals surface area contributed by atoms with Gasteiger partial charge in [-0.2, -0.15) is 0 Å². The van der Waals surface area contributed by atoms with Crippen molar-refractivity contribution in [3.8, 4) is 0 Å². The van der Waals surface area contributed by atoms with Crippen molar-refractivity contribution in [3.05, 3.63) is 65.0 Å². The van der Waals surface area contributed by atoms with E-state index in [4.69, 9.17) is 11.5 Å². The van der Waals surface area contributed by atoms with Crippen LogP contribution in [0.25, 0.3) is 0 Å². The van der Waals surface area contributed by atoms with Crippen LogP contribution in [0.5, 0.6) is 0 Å². The predicted molar refractivity (Wildman–Crippen MR) is 137 cm³/mol. The van der Waals surface area contributed by atoms with E-state index in [-0.39, 0.29) is 16.1 Å². The van der Waals surface area contributed by atoms with Crippen molar-refractivity contribution in [2.75, 3.05) is 5.32 Å². The lowest BCUT2D eigenvalue weighted by atomic mass is 9.82. The van der Waals surface area contributed by atoms with Crippen LogP contribution >= 0.6 is 0 Å². The van der Waals surface area contributed by atoms with Gasteiger partial charge in [0, 0.05) is 28.1 Å². The number of hydrogen-bond donors (Lipinski definition) is 3. The average molecular weight is 477 g/mol. The molecule has 0 radical (unpaired) electrons. The number of carbonyl (C=O) groups is 2. The Balaban J connectivity index is 0.00000104. The molecule has 0 atom stereocenters. The zero-order valence-electron chi connectivity index (χ0n) is 20.1. The Morgan fingerprint density at radius 2 is 1.71 bits per heavy atom. The second kappa shape index (κ2) is 10.9. The van der Waals surface area contributed by atoms with Crippen LogP contribution in [0.1, 0.15) is 73.3 Å². The number of fused-ring (bicyclic) bond motifs is 1. The molecule has 2 aromatic rings. The fraction of sp³-hybridized carbons (Fsp3) is 0.462. The second-order valence-electron chi connectivity index (χ2n) is 9.93. The van der Waals surface area contributed by atoms with Gasteiger partial charge in [-0.1, -0.05) is 24.3 Å². The molecule has 1 aliphatic carbocycles. The summed E-state index contributed by atoms with van der Waals surface area (Å²) in [5.41, 5.74) is 13.8. The molecule has 7 nitrogen and oxygen atoms in total. The van der Waals surface area contributed by atoms with Crippen LogP contribution in [-0.4, -0.2) is 28.7 Å². The molecule has 3 amide bonds. The van der Waals surface area contributed by atoms with Gasteiger partial charge in [0.15, 0.2) is 0 Å². The van der Waals surface area contributed by atoms with Crippen LogP contribution in [-0.2, 0) is 17.8 Å². The minimum absolute atomic E-state index is 0. The van der Waals surface area contributed by atoms with E-state index in [1.54, 1.807) is 31.7 Å². The fourth-order valence-corrected chi connectivity index (χ4v) is 4.32. The first-order valence-electron chi connectivity index (χ1n) is 11.7. The summed E-state index contributed by atoms with van der Waals surface area (Å²) >= 11 is 0. The number of primary amides is 1. The number of anilines is 1. The molecule has 0 bridgehead atoms.